The molecule has 136 valence electrons. The molecule has 0 aliphatic heterocycles. The topological polar surface area (TPSA) is 18.5 Å². The van der Waals surface area contributed by atoms with Crippen LogP contribution in [0.3, 0.4) is 0 Å². The molecule has 0 N–H and O–H groups in total. The molecule has 6 rings (SSSR count). The van der Waals surface area contributed by atoms with Gasteiger partial charge in [0.05, 0.1) is 14.2 Å². The van der Waals surface area contributed by atoms with Gasteiger partial charge in [0.1, 0.15) is 0 Å². The fourth-order valence-electron chi connectivity index (χ4n) is 4.10. The molecule has 2 aromatic heterocycles. The first-order valence-corrected chi connectivity index (χ1v) is 10.7. The van der Waals surface area contributed by atoms with Crippen molar-refractivity contribution in [1.29, 1.82) is 0 Å². The predicted octanol–water partition coefficient (Wildman–Crippen LogP) is 7.59. The van der Waals surface area contributed by atoms with E-state index in [1.54, 1.807) is 36.9 Å². The quantitative estimate of drug-likeness (QED) is 0.279. The summed E-state index contributed by atoms with van der Waals surface area (Å²) < 4.78 is 13.4. The summed E-state index contributed by atoms with van der Waals surface area (Å²) >= 11 is 3.39. The van der Waals surface area contributed by atoms with E-state index >= 15 is 0 Å². The van der Waals surface area contributed by atoms with Crippen LogP contribution in [0.1, 0.15) is 0 Å². The van der Waals surface area contributed by atoms with Gasteiger partial charge in [0.15, 0.2) is 10.1 Å². The molecule has 0 atom stereocenters. The van der Waals surface area contributed by atoms with Gasteiger partial charge in [-0.1, -0.05) is 46.9 Å². The number of hydrogen-bond acceptors (Lipinski definition) is 4. The maximum Gasteiger partial charge on any atom is 0.174 e. The van der Waals surface area contributed by atoms with E-state index in [0.717, 1.165) is 10.1 Å². The van der Waals surface area contributed by atoms with Crippen molar-refractivity contribution in [3.63, 3.8) is 0 Å². The molecule has 28 heavy (non-hydrogen) atoms. The van der Waals surface area contributed by atoms with Gasteiger partial charge in [-0.2, -0.15) is 0 Å². The van der Waals surface area contributed by atoms with Crippen LogP contribution < -0.4 is 9.47 Å². The summed E-state index contributed by atoms with van der Waals surface area (Å²) in [5.74, 6) is 0. The summed E-state index contributed by atoms with van der Waals surface area (Å²) in [6, 6.07) is 22.4. The maximum absolute atomic E-state index is 5.43. The van der Waals surface area contributed by atoms with Gasteiger partial charge in [-0.25, -0.2) is 0 Å². The number of fused-ring (bicyclic) bond motifs is 7. The second-order valence-electron chi connectivity index (χ2n) is 6.99. The van der Waals surface area contributed by atoms with Gasteiger partial charge in [0.25, 0.3) is 0 Å². The Morgan fingerprint density at radius 3 is 1.39 bits per heavy atom. The summed E-state index contributed by atoms with van der Waals surface area (Å²) in [6.07, 6.45) is 0. The lowest BCUT2D eigenvalue weighted by Crippen LogP contribution is -1.81. The summed E-state index contributed by atoms with van der Waals surface area (Å²) in [5.41, 5.74) is 0. The van der Waals surface area contributed by atoms with Crippen molar-refractivity contribution >= 4 is 75.2 Å². The normalized spacial score (nSPS) is 11.9. The van der Waals surface area contributed by atoms with Crippen molar-refractivity contribution in [2.24, 2.45) is 0 Å². The second-order valence-corrected chi connectivity index (χ2v) is 9.08. The fraction of sp³-hybridized carbons (Fsp3) is 0.0833. The molecule has 0 spiro atoms. The van der Waals surface area contributed by atoms with Gasteiger partial charge >= 0.3 is 0 Å². The van der Waals surface area contributed by atoms with Gasteiger partial charge in [-0.3, -0.25) is 0 Å². The smallest absolute Gasteiger partial charge is 0.174 e. The van der Waals surface area contributed by atoms with Crippen LogP contribution in [0.25, 0.3) is 52.5 Å². The first-order chi connectivity index (χ1) is 13.7. The van der Waals surface area contributed by atoms with E-state index in [0.29, 0.717) is 0 Å². The number of rotatable bonds is 2. The molecule has 0 radical (unpaired) electrons. The lowest BCUT2D eigenvalue weighted by atomic mass is 9.96. The van der Waals surface area contributed by atoms with Gasteiger partial charge in [-0.05, 0) is 79.5 Å². The zero-order valence-electron chi connectivity index (χ0n) is 15.4. The minimum atomic E-state index is 0.953. The van der Waals surface area contributed by atoms with E-state index < -0.39 is 0 Å². The number of benzene rings is 4. The van der Waals surface area contributed by atoms with Gasteiger partial charge in [0.2, 0.25) is 0 Å². The Balaban J connectivity index is 1.71. The van der Waals surface area contributed by atoms with Crippen molar-refractivity contribution in [3.05, 3.63) is 60.7 Å². The molecule has 0 aliphatic carbocycles. The van der Waals surface area contributed by atoms with E-state index in [9.17, 15) is 0 Å². The molecule has 4 heteroatoms. The highest BCUT2D eigenvalue weighted by Gasteiger charge is 2.10. The zero-order chi connectivity index (χ0) is 18.8. The first kappa shape index (κ1) is 16.2. The van der Waals surface area contributed by atoms with Crippen LogP contribution in [0.5, 0.6) is 10.1 Å². The second kappa shape index (κ2) is 5.84. The zero-order valence-corrected chi connectivity index (χ0v) is 17.0. The molecule has 0 saturated heterocycles. The molecule has 6 aromatic rings. The molecule has 2 nitrogen and oxygen atoms in total. The highest BCUT2D eigenvalue weighted by atomic mass is 32.1. The SMILES string of the molecule is COc1cc2cc3c(ccc4c5cc6cc(OC)sc6cc5ccc34)cc2s1. The van der Waals surface area contributed by atoms with Crippen LogP contribution in [0.4, 0.5) is 0 Å². The van der Waals surface area contributed by atoms with Gasteiger partial charge < -0.3 is 9.47 Å². The molecule has 0 aliphatic rings. The number of hydrogen-bond donors (Lipinski definition) is 0. The lowest BCUT2D eigenvalue weighted by Gasteiger charge is -2.08. The Bertz CT molecular complexity index is 1420. The lowest BCUT2D eigenvalue weighted by molar-refractivity contribution is 0.427. The molecule has 0 saturated carbocycles. The molecule has 0 bridgehead atoms. The van der Waals surface area contributed by atoms with Crippen LogP contribution in [0.15, 0.2) is 60.7 Å². The van der Waals surface area contributed by atoms with Crippen molar-refractivity contribution in [3.8, 4) is 10.1 Å². The van der Waals surface area contributed by atoms with Crippen LogP contribution in [0, 0.1) is 0 Å². The Kier molecular flexibility index (Phi) is 3.37. The minimum absolute atomic E-state index is 0.953. The Hall–Kier alpha value is -2.82. The molecular formula is C24H16O2S2. The highest BCUT2D eigenvalue weighted by Crippen LogP contribution is 2.40. The summed E-state index contributed by atoms with van der Waals surface area (Å²) in [7, 11) is 3.46. The van der Waals surface area contributed by atoms with E-state index in [1.807, 2.05) is 0 Å². The number of thiophene rings is 2. The summed E-state index contributed by atoms with van der Waals surface area (Å²) in [5, 5.41) is 12.1. The van der Waals surface area contributed by atoms with E-state index in [4.69, 9.17) is 9.47 Å². The third kappa shape index (κ3) is 2.25. The van der Waals surface area contributed by atoms with Gasteiger partial charge in [-0.15, -0.1) is 0 Å². The standard InChI is InChI=1S/C24H16O2S2/c1-25-23-11-15-7-19-13(9-21(15)27-23)3-5-18-17(19)6-4-14-10-22-16(8-20(14)18)12-24(26-2)28-22/h3-12H,1-2H3. The van der Waals surface area contributed by atoms with E-state index in [2.05, 4.69) is 60.7 Å². The molecule has 4 aromatic carbocycles. The fourth-order valence-corrected chi connectivity index (χ4v) is 5.91. The average Bonchev–Trinajstić information content (AvgIpc) is 3.32. The van der Waals surface area contributed by atoms with Crippen LogP contribution >= 0.6 is 22.7 Å². The van der Waals surface area contributed by atoms with E-state index in [1.165, 1.54) is 52.5 Å². The van der Waals surface area contributed by atoms with Gasteiger partial charge in [0, 0.05) is 9.40 Å². The largest absolute Gasteiger partial charge is 0.487 e. The average molecular weight is 401 g/mol. The maximum atomic E-state index is 5.43. The Morgan fingerprint density at radius 2 is 0.964 bits per heavy atom. The number of ether oxygens (including phenoxy) is 2. The summed E-state index contributed by atoms with van der Waals surface area (Å²) in [4.78, 5) is 0. The molecule has 2 heterocycles. The molecule has 0 fully saturated rings. The van der Waals surface area contributed by atoms with E-state index in [-0.39, 0.29) is 0 Å². The first-order valence-electron chi connectivity index (χ1n) is 9.08. The third-order valence-electron chi connectivity index (χ3n) is 5.46. The van der Waals surface area contributed by atoms with Crippen molar-refractivity contribution in [1.82, 2.24) is 0 Å². The van der Waals surface area contributed by atoms with Crippen molar-refractivity contribution < 1.29 is 9.47 Å². The third-order valence-corrected chi connectivity index (χ3v) is 7.58. The molecule has 0 amide bonds. The molecule has 0 unspecified atom stereocenters. The number of methoxy groups -OCH3 is 2. The van der Waals surface area contributed by atoms with Crippen LogP contribution in [-0.2, 0) is 0 Å². The van der Waals surface area contributed by atoms with Crippen molar-refractivity contribution in [2.75, 3.05) is 14.2 Å². The van der Waals surface area contributed by atoms with Crippen LogP contribution in [-0.4, -0.2) is 14.2 Å². The molecular weight excluding hydrogens is 384 g/mol. The minimum Gasteiger partial charge on any atom is -0.487 e. The summed E-state index contributed by atoms with van der Waals surface area (Å²) in [6.45, 7) is 0. The highest BCUT2D eigenvalue weighted by molar-refractivity contribution is 7.21. The Labute approximate surface area is 169 Å². The van der Waals surface area contributed by atoms with Crippen LogP contribution in [0.2, 0.25) is 0 Å². The monoisotopic (exact) mass is 400 g/mol. The predicted molar refractivity (Wildman–Crippen MR) is 123 cm³/mol. The van der Waals surface area contributed by atoms with Crippen molar-refractivity contribution in [2.45, 2.75) is 0 Å². The Morgan fingerprint density at radius 1 is 0.500 bits per heavy atom.